The summed E-state index contributed by atoms with van der Waals surface area (Å²) in [7, 11) is 0. The van der Waals surface area contributed by atoms with Crippen molar-refractivity contribution in [3.8, 4) is 6.07 Å². The molecule has 0 aliphatic rings. The van der Waals surface area contributed by atoms with Crippen LogP contribution in [0.1, 0.15) is 10.4 Å². The molecule has 1 aromatic rings. The van der Waals surface area contributed by atoms with Crippen LogP contribution in [0.2, 0.25) is 0 Å². The van der Waals surface area contributed by atoms with E-state index in [4.69, 9.17) is 5.26 Å². The van der Waals surface area contributed by atoms with Gasteiger partial charge in [-0.1, -0.05) is 0 Å². The number of carbonyl (C=O) groups is 1. The largest absolute Gasteiger partial charge is 0.293 e. The van der Waals surface area contributed by atoms with Gasteiger partial charge in [-0.15, -0.1) is 11.8 Å². The minimum Gasteiger partial charge on any atom is -0.293 e. The number of halogens is 1. The first kappa shape index (κ1) is 10.7. The van der Waals surface area contributed by atoms with Crippen LogP contribution in [-0.4, -0.2) is 17.3 Å². The molecule has 0 fully saturated rings. The minimum absolute atomic E-state index is 0.0785. The highest BCUT2D eigenvalue weighted by Gasteiger charge is 2.05. The number of nitriles is 1. The second-order valence-electron chi connectivity index (χ2n) is 2.58. The Kier molecular flexibility index (Phi) is 4.14. The highest BCUT2D eigenvalue weighted by Crippen LogP contribution is 2.08. The highest BCUT2D eigenvalue weighted by molar-refractivity contribution is 8.00. The second kappa shape index (κ2) is 5.40. The summed E-state index contributed by atoms with van der Waals surface area (Å²) in [6.07, 6.45) is 0. The average molecular weight is 209 g/mol. The lowest BCUT2D eigenvalue weighted by molar-refractivity contribution is 0.102. The summed E-state index contributed by atoms with van der Waals surface area (Å²) in [5.74, 6) is 0.128. The van der Waals surface area contributed by atoms with Crippen molar-refractivity contribution in [2.24, 2.45) is 0 Å². The van der Waals surface area contributed by atoms with Gasteiger partial charge >= 0.3 is 0 Å². The summed E-state index contributed by atoms with van der Waals surface area (Å²) in [6.45, 7) is 0. The monoisotopic (exact) mass is 209 g/mol. The lowest BCUT2D eigenvalue weighted by atomic mass is 10.1. The molecule has 0 heterocycles. The third-order valence-electron chi connectivity index (χ3n) is 1.57. The minimum atomic E-state index is -0.355. The van der Waals surface area contributed by atoms with E-state index in [-0.39, 0.29) is 17.4 Å². The van der Waals surface area contributed by atoms with Gasteiger partial charge < -0.3 is 0 Å². The summed E-state index contributed by atoms with van der Waals surface area (Å²) in [5.41, 5.74) is 0.483. The SMILES string of the molecule is N#CCSCC(=O)c1ccc(F)cc1. The topological polar surface area (TPSA) is 40.9 Å². The number of benzene rings is 1. The summed E-state index contributed by atoms with van der Waals surface area (Å²) in [4.78, 5) is 11.4. The molecule has 1 aromatic carbocycles. The van der Waals surface area contributed by atoms with Gasteiger partial charge in [0.05, 0.1) is 17.6 Å². The van der Waals surface area contributed by atoms with Crippen molar-refractivity contribution in [1.82, 2.24) is 0 Å². The zero-order valence-corrected chi connectivity index (χ0v) is 8.18. The van der Waals surface area contributed by atoms with Crippen molar-refractivity contribution in [2.75, 3.05) is 11.5 Å². The third-order valence-corrected chi connectivity index (χ3v) is 2.37. The summed E-state index contributed by atoms with van der Waals surface area (Å²) in [6, 6.07) is 7.34. The number of rotatable bonds is 4. The molecule has 0 spiro atoms. The van der Waals surface area contributed by atoms with E-state index >= 15 is 0 Å². The maximum Gasteiger partial charge on any atom is 0.172 e. The molecule has 72 valence electrons. The van der Waals surface area contributed by atoms with Crippen LogP contribution < -0.4 is 0 Å². The van der Waals surface area contributed by atoms with Crippen LogP contribution in [0, 0.1) is 17.1 Å². The predicted octanol–water partition coefficient (Wildman–Crippen LogP) is 2.27. The van der Waals surface area contributed by atoms with Gasteiger partial charge in [-0.3, -0.25) is 4.79 Å². The first-order valence-corrected chi connectivity index (χ1v) is 5.13. The first-order chi connectivity index (χ1) is 6.74. The molecule has 0 saturated carbocycles. The first-order valence-electron chi connectivity index (χ1n) is 3.97. The molecule has 0 unspecified atom stereocenters. The van der Waals surface area contributed by atoms with Crippen LogP contribution in [0.4, 0.5) is 4.39 Å². The molecule has 0 aromatic heterocycles. The Morgan fingerprint density at radius 3 is 2.64 bits per heavy atom. The molecule has 0 aliphatic heterocycles. The zero-order valence-electron chi connectivity index (χ0n) is 7.37. The number of hydrogen-bond donors (Lipinski definition) is 0. The van der Waals surface area contributed by atoms with Gasteiger partial charge in [0.15, 0.2) is 5.78 Å². The van der Waals surface area contributed by atoms with E-state index in [1.807, 2.05) is 6.07 Å². The van der Waals surface area contributed by atoms with Crippen molar-refractivity contribution in [3.05, 3.63) is 35.6 Å². The van der Waals surface area contributed by atoms with Gasteiger partial charge in [0.2, 0.25) is 0 Å². The fraction of sp³-hybridized carbons (Fsp3) is 0.200. The molecule has 0 N–H and O–H groups in total. The Morgan fingerprint density at radius 1 is 1.43 bits per heavy atom. The molecule has 1 rings (SSSR count). The number of carbonyl (C=O) groups excluding carboxylic acids is 1. The molecular weight excluding hydrogens is 201 g/mol. The van der Waals surface area contributed by atoms with E-state index in [2.05, 4.69) is 0 Å². The van der Waals surface area contributed by atoms with Gasteiger partial charge in [-0.25, -0.2) is 4.39 Å². The van der Waals surface area contributed by atoms with Crippen LogP contribution in [0.5, 0.6) is 0 Å². The number of hydrogen-bond acceptors (Lipinski definition) is 3. The molecule has 2 nitrogen and oxygen atoms in total. The zero-order chi connectivity index (χ0) is 10.4. The number of ketones is 1. The van der Waals surface area contributed by atoms with Crippen LogP contribution in [0.15, 0.2) is 24.3 Å². The molecule has 0 radical (unpaired) electrons. The molecule has 0 aliphatic carbocycles. The van der Waals surface area contributed by atoms with Gasteiger partial charge in [-0.05, 0) is 24.3 Å². The standard InChI is InChI=1S/C10H8FNOS/c11-9-3-1-8(2-4-9)10(13)7-14-6-5-12/h1-4H,6-7H2. The molecule has 0 bridgehead atoms. The van der Waals surface area contributed by atoms with Crippen LogP contribution in [-0.2, 0) is 0 Å². The van der Waals surface area contributed by atoms with Gasteiger partial charge in [-0.2, -0.15) is 5.26 Å². The van der Waals surface area contributed by atoms with E-state index in [1.54, 1.807) is 0 Å². The lowest BCUT2D eigenvalue weighted by Crippen LogP contribution is -2.02. The van der Waals surface area contributed by atoms with E-state index in [0.29, 0.717) is 11.3 Å². The molecule has 0 amide bonds. The van der Waals surface area contributed by atoms with Crippen molar-refractivity contribution in [2.45, 2.75) is 0 Å². The summed E-state index contributed by atoms with van der Waals surface area (Å²) < 4.78 is 12.5. The van der Waals surface area contributed by atoms with E-state index < -0.39 is 0 Å². The Morgan fingerprint density at radius 2 is 2.07 bits per heavy atom. The quantitative estimate of drug-likeness (QED) is 0.564. The Hall–Kier alpha value is -1.34. The number of nitrogens with zero attached hydrogens (tertiary/aromatic N) is 1. The number of thioether (sulfide) groups is 1. The lowest BCUT2D eigenvalue weighted by Gasteiger charge is -1.98. The van der Waals surface area contributed by atoms with E-state index in [1.165, 1.54) is 36.0 Å². The van der Waals surface area contributed by atoms with Crippen molar-refractivity contribution in [1.29, 1.82) is 5.26 Å². The van der Waals surface area contributed by atoms with Crippen LogP contribution >= 0.6 is 11.8 Å². The fourth-order valence-corrected chi connectivity index (χ4v) is 1.45. The van der Waals surface area contributed by atoms with E-state index in [0.717, 1.165) is 0 Å². The Bertz CT molecular complexity index is 355. The molecule has 0 saturated heterocycles. The summed E-state index contributed by atoms with van der Waals surface area (Å²) in [5, 5.41) is 8.25. The third kappa shape index (κ3) is 3.19. The van der Waals surface area contributed by atoms with Crippen LogP contribution in [0.25, 0.3) is 0 Å². The number of Topliss-reactive ketones (excluding diaryl/α,β-unsaturated/α-hetero) is 1. The average Bonchev–Trinajstić information content (AvgIpc) is 2.19. The van der Waals surface area contributed by atoms with Crippen molar-refractivity contribution >= 4 is 17.5 Å². The summed E-state index contributed by atoms with van der Waals surface area (Å²) >= 11 is 1.26. The van der Waals surface area contributed by atoms with Crippen molar-refractivity contribution in [3.63, 3.8) is 0 Å². The van der Waals surface area contributed by atoms with Gasteiger partial charge in [0.25, 0.3) is 0 Å². The smallest absolute Gasteiger partial charge is 0.172 e. The second-order valence-corrected chi connectivity index (χ2v) is 3.57. The van der Waals surface area contributed by atoms with Gasteiger partial charge in [0.1, 0.15) is 5.82 Å². The van der Waals surface area contributed by atoms with Gasteiger partial charge in [0, 0.05) is 5.56 Å². The normalized spacial score (nSPS) is 9.43. The molecule has 4 heteroatoms. The Labute approximate surface area is 85.7 Å². The molecule has 14 heavy (non-hydrogen) atoms. The molecular formula is C10H8FNOS. The highest BCUT2D eigenvalue weighted by atomic mass is 32.2. The van der Waals surface area contributed by atoms with E-state index in [9.17, 15) is 9.18 Å². The Balaban J connectivity index is 2.53. The van der Waals surface area contributed by atoms with Crippen LogP contribution in [0.3, 0.4) is 0 Å². The molecule has 0 atom stereocenters. The predicted molar refractivity (Wildman–Crippen MR) is 53.7 cm³/mol. The van der Waals surface area contributed by atoms with Crippen molar-refractivity contribution < 1.29 is 9.18 Å². The fourth-order valence-electron chi connectivity index (χ4n) is 0.908. The maximum atomic E-state index is 12.5. The maximum absolute atomic E-state index is 12.5.